The molecule has 1 N–H and O–H groups in total. The lowest BCUT2D eigenvalue weighted by atomic mass is 10.3. The third kappa shape index (κ3) is 3.77. The Morgan fingerprint density at radius 3 is 2.74 bits per heavy atom. The summed E-state index contributed by atoms with van der Waals surface area (Å²) in [4.78, 5) is 1.73. The molecule has 1 aliphatic rings. The number of anilines is 1. The van der Waals surface area contributed by atoms with Gasteiger partial charge in [0.25, 0.3) is 0 Å². The maximum absolute atomic E-state index is 12.3. The summed E-state index contributed by atoms with van der Waals surface area (Å²) in [5, 5.41) is 9.97. The van der Waals surface area contributed by atoms with E-state index in [1.165, 1.54) is 6.07 Å². The second-order valence-electron chi connectivity index (χ2n) is 4.35. The molecule has 2 heterocycles. The van der Waals surface area contributed by atoms with E-state index in [0.717, 1.165) is 19.2 Å². The number of halogens is 3. The van der Waals surface area contributed by atoms with Gasteiger partial charge < -0.3 is 15.0 Å². The Morgan fingerprint density at radius 1 is 1.42 bits per heavy atom. The Labute approximate surface area is 108 Å². The Balaban J connectivity index is 1.97. The van der Waals surface area contributed by atoms with Crippen LogP contribution in [-0.4, -0.2) is 49.6 Å². The molecule has 1 saturated heterocycles. The van der Waals surface area contributed by atoms with E-state index >= 15 is 0 Å². The maximum Gasteiger partial charge on any atom is 0.435 e. The fourth-order valence-corrected chi connectivity index (χ4v) is 1.82. The first-order valence-electron chi connectivity index (χ1n) is 5.91. The number of nitrogens with one attached hydrogen (secondary N) is 1. The van der Waals surface area contributed by atoms with Crippen LogP contribution in [0.2, 0.25) is 0 Å². The highest BCUT2D eigenvalue weighted by molar-refractivity contribution is 5.36. The average Bonchev–Trinajstić information content (AvgIpc) is 2.39. The minimum absolute atomic E-state index is 0.00263. The zero-order chi connectivity index (χ0) is 13.9. The molecule has 0 amide bonds. The first-order chi connectivity index (χ1) is 8.97. The summed E-state index contributed by atoms with van der Waals surface area (Å²) >= 11 is 0. The molecule has 0 radical (unpaired) electrons. The summed E-state index contributed by atoms with van der Waals surface area (Å²) in [6.07, 6.45) is -4.46. The highest BCUT2D eigenvalue weighted by Crippen LogP contribution is 2.27. The molecule has 0 spiro atoms. The second kappa shape index (κ2) is 5.70. The van der Waals surface area contributed by atoms with Gasteiger partial charge in [-0.2, -0.15) is 13.2 Å². The topological polar surface area (TPSA) is 50.3 Å². The fraction of sp³-hybridized carbons (Fsp3) is 0.636. The maximum atomic E-state index is 12.3. The third-order valence-electron chi connectivity index (χ3n) is 2.81. The molecule has 106 valence electrons. The van der Waals surface area contributed by atoms with E-state index < -0.39 is 11.9 Å². The lowest BCUT2D eigenvalue weighted by molar-refractivity contribution is -0.141. The van der Waals surface area contributed by atoms with E-state index in [0.29, 0.717) is 19.0 Å². The minimum Gasteiger partial charge on any atom is -0.374 e. The smallest absolute Gasteiger partial charge is 0.374 e. The molecule has 5 nitrogen and oxygen atoms in total. The molecule has 8 heteroatoms. The Hall–Kier alpha value is -1.41. The summed E-state index contributed by atoms with van der Waals surface area (Å²) in [5.41, 5.74) is -0.986. The first-order valence-corrected chi connectivity index (χ1v) is 5.91. The van der Waals surface area contributed by atoms with Crippen molar-refractivity contribution < 1.29 is 17.9 Å². The van der Waals surface area contributed by atoms with Crippen molar-refractivity contribution in [3.05, 3.63) is 17.8 Å². The molecule has 1 aromatic heterocycles. The van der Waals surface area contributed by atoms with Crippen molar-refractivity contribution in [1.29, 1.82) is 0 Å². The number of likely N-dealkylation sites (N-methyl/N-ethyl adjacent to an activating group) is 1. The van der Waals surface area contributed by atoms with Gasteiger partial charge in [-0.1, -0.05) is 0 Å². The zero-order valence-corrected chi connectivity index (χ0v) is 10.4. The van der Waals surface area contributed by atoms with Gasteiger partial charge in [0.05, 0.1) is 12.7 Å². The quantitative estimate of drug-likeness (QED) is 0.889. The molecular weight excluding hydrogens is 261 g/mol. The lowest BCUT2D eigenvalue weighted by Crippen LogP contribution is -2.44. The Bertz CT molecular complexity index is 403. The van der Waals surface area contributed by atoms with Crippen LogP contribution in [0.1, 0.15) is 5.69 Å². The summed E-state index contributed by atoms with van der Waals surface area (Å²) in [6, 6.07) is 2.24. The highest BCUT2D eigenvalue weighted by atomic mass is 19.4. The van der Waals surface area contributed by atoms with Gasteiger partial charge in [0.1, 0.15) is 0 Å². The molecule has 0 aliphatic carbocycles. The molecule has 2 rings (SSSR count). The van der Waals surface area contributed by atoms with Crippen LogP contribution in [0, 0.1) is 0 Å². The average molecular weight is 276 g/mol. The van der Waals surface area contributed by atoms with E-state index in [2.05, 4.69) is 15.5 Å². The van der Waals surface area contributed by atoms with Crippen molar-refractivity contribution in [3.63, 3.8) is 0 Å². The van der Waals surface area contributed by atoms with Crippen LogP contribution in [0.3, 0.4) is 0 Å². The molecule has 1 aliphatic heterocycles. The monoisotopic (exact) mass is 276 g/mol. The first kappa shape index (κ1) is 14.0. The van der Waals surface area contributed by atoms with Crippen LogP contribution in [-0.2, 0) is 10.9 Å². The standard InChI is InChI=1S/C11H15F3N4O/c1-18(7-8-6-15-4-5-19-8)10-3-2-9(16-17-10)11(12,13)14/h2-3,8,15H,4-7H2,1H3. The van der Waals surface area contributed by atoms with Gasteiger partial charge in [-0.15, -0.1) is 10.2 Å². The van der Waals surface area contributed by atoms with E-state index in [1.54, 1.807) is 11.9 Å². The molecule has 1 aromatic rings. The number of ether oxygens (including phenoxy) is 1. The number of hydrogen-bond acceptors (Lipinski definition) is 5. The van der Waals surface area contributed by atoms with E-state index in [4.69, 9.17) is 4.74 Å². The predicted molar refractivity (Wildman–Crippen MR) is 62.9 cm³/mol. The van der Waals surface area contributed by atoms with Gasteiger partial charge in [0.2, 0.25) is 0 Å². The van der Waals surface area contributed by atoms with Gasteiger partial charge in [-0.05, 0) is 12.1 Å². The summed E-state index contributed by atoms with van der Waals surface area (Å²) in [7, 11) is 1.75. The molecule has 1 unspecified atom stereocenters. The molecular formula is C11H15F3N4O. The molecule has 1 fully saturated rings. The van der Waals surface area contributed by atoms with E-state index in [1.807, 2.05) is 0 Å². The lowest BCUT2D eigenvalue weighted by Gasteiger charge is -2.28. The van der Waals surface area contributed by atoms with Gasteiger partial charge in [0.15, 0.2) is 11.5 Å². The number of morpholine rings is 1. The molecule has 0 aromatic carbocycles. The SMILES string of the molecule is CN(CC1CNCCO1)c1ccc(C(F)(F)F)nn1. The van der Waals surface area contributed by atoms with Crippen LogP contribution in [0.4, 0.5) is 19.0 Å². The normalized spacial score (nSPS) is 20.3. The minimum atomic E-state index is -4.46. The van der Waals surface area contributed by atoms with Crippen LogP contribution >= 0.6 is 0 Å². The van der Waals surface area contributed by atoms with Crippen molar-refractivity contribution in [2.24, 2.45) is 0 Å². The van der Waals surface area contributed by atoms with Gasteiger partial charge in [-0.3, -0.25) is 0 Å². The van der Waals surface area contributed by atoms with Crippen LogP contribution < -0.4 is 10.2 Å². The highest BCUT2D eigenvalue weighted by Gasteiger charge is 2.33. The Morgan fingerprint density at radius 2 is 2.21 bits per heavy atom. The zero-order valence-electron chi connectivity index (χ0n) is 10.4. The molecule has 1 atom stereocenters. The summed E-state index contributed by atoms with van der Waals surface area (Å²) in [5.74, 6) is 0.391. The number of alkyl halides is 3. The largest absolute Gasteiger partial charge is 0.435 e. The van der Waals surface area contributed by atoms with Gasteiger partial charge in [-0.25, -0.2) is 0 Å². The van der Waals surface area contributed by atoms with Crippen molar-refractivity contribution >= 4 is 5.82 Å². The van der Waals surface area contributed by atoms with Crippen molar-refractivity contribution in [1.82, 2.24) is 15.5 Å². The van der Waals surface area contributed by atoms with Gasteiger partial charge in [0, 0.05) is 26.7 Å². The number of hydrogen-bond donors (Lipinski definition) is 1. The van der Waals surface area contributed by atoms with Crippen molar-refractivity contribution in [2.45, 2.75) is 12.3 Å². The number of rotatable bonds is 3. The van der Waals surface area contributed by atoms with Crippen LogP contribution in [0.15, 0.2) is 12.1 Å². The van der Waals surface area contributed by atoms with Crippen LogP contribution in [0.5, 0.6) is 0 Å². The summed E-state index contributed by atoms with van der Waals surface area (Å²) in [6.45, 7) is 2.73. The van der Waals surface area contributed by atoms with E-state index in [9.17, 15) is 13.2 Å². The van der Waals surface area contributed by atoms with Crippen molar-refractivity contribution in [2.75, 3.05) is 38.2 Å². The number of nitrogens with zero attached hydrogens (tertiary/aromatic N) is 3. The second-order valence-corrected chi connectivity index (χ2v) is 4.35. The molecule has 19 heavy (non-hydrogen) atoms. The predicted octanol–water partition coefficient (Wildman–Crippen LogP) is 0.920. The van der Waals surface area contributed by atoms with Crippen molar-refractivity contribution in [3.8, 4) is 0 Å². The van der Waals surface area contributed by atoms with E-state index in [-0.39, 0.29) is 6.10 Å². The number of aromatic nitrogens is 2. The molecule has 0 bridgehead atoms. The fourth-order valence-electron chi connectivity index (χ4n) is 1.82. The third-order valence-corrected chi connectivity index (χ3v) is 2.81. The summed E-state index contributed by atoms with van der Waals surface area (Å²) < 4.78 is 42.6. The Kier molecular flexibility index (Phi) is 4.20. The van der Waals surface area contributed by atoms with Crippen LogP contribution in [0.25, 0.3) is 0 Å². The molecule has 0 saturated carbocycles. The van der Waals surface area contributed by atoms with Gasteiger partial charge >= 0.3 is 6.18 Å².